The monoisotopic (exact) mass is 406 g/mol. The number of aryl methyl sites for hydroxylation is 1. The van der Waals surface area contributed by atoms with Crippen molar-refractivity contribution in [1.29, 1.82) is 0 Å². The Labute approximate surface area is 173 Å². The van der Waals surface area contributed by atoms with Crippen molar-refractivity contribution < 1.29 is 9.53 Å². The third-order valence-electron chi connectivity index (χ3n) is 5.69. The number of fused-ring (bicyclic) bond motifs is 3. The predicted molar refractivity (Wildman–Crippen MR) is 114 cm³/mol. The summed E-state index contributed by atoms with van der Waals surface area (Å²) in [7, 11) is 0. The molecule has 2 aliphatic rings. The van der Waals surface area contributed by atoms with Crippen LogP contribution in [-0.4, -0.2) is 41.7 Å². The lowest BCUT2D eigenvalue weighted by molar-refractivity contribution is 0.0303. The number of thiophene rings is 1. The number of ether oxygens (including phenoxy) is 1. The van der Waals surface area contributed by atoms with E-state index in [0.717, 1.165) is 29.0 Å². The van der Waals surface area contributed by atoms with Crippen LogP contribution in [0.1, 0.15) is 22.3 Å². The molecule has 0 aliphatic carbocycles. The largest absolute Gasteiger partial charge is 0.378 e. The molecule has 1 fully saturated rings. The summed E-state index contributed by atoms with van der Waals surface area (Å²) in [6.45, 7) is 2.89. The summed E-state index contributed by atoms with van der Waals surface area (Å²) in [6.07, 6.45) is 1.81. The molecule has 5 rings (SSSR count). The van der Waals surface area contributed by atoms with Crippen molar-refractivity contribution >= 4 is 17.2 Å². The number of hydrogen-bond acceptors (Lipinski definition) is 4. The van der Waals surface area contributed by atoms with Gasteiger partial charge in [-0.1, -0.05) is 30.3 Å². The number of hydrogen-bond donors (Lipinski definition) is 0. The van der Waals surface area contributed by atoms with Crippen LogP contribution in [0.5, 0.6) is 0 Å². The number of pyridine rings is 1. The first-order chi connectivity index (χ1) is 14.2. The van der Waals surface area contributed by atoms with Crippen molar-refractivity contribution in [3.05, 3.63) is 69.3 Å². The Kier molecular flexibility index (Phi) is 4.81. The van der Waals surface area contributed by atoms with Crippen LogP contribution in [0.2, 0.25) is 0 Å². The minimum absolute atomic E-state index is 0.0181. The third-order valence-corrected chi connectivity index (χ3v) is 6.66. The van der Waals surface area contributed by atoms with E-state index < -0.39 is 0 Å². The molecule has 0 atom stereocenters. The Morgan fingerprint density at radius 2 is 1.83 bits per heavy atom. The molecule has 2 aromatic heterocycles. The molecular weight excluding hydrogens is 384 g/mol. The van der Waals surface area contributed by atoms with E-state index >= 15 is 0 Å². The molecule has 0 bridgehead atoms. The molecule has 29 heavy (non-hydrogen) atoms. The molecule has 0 saturated carbocycles. The maximum absolute atomic E-state index is 13.6. The van der Waals surface area contributed by atoms with Crippen LogP contribution in [0.3, 0.4) is 0 Å². The second kappa shape index (κ2) is 7.61. The number of aromatic nitrogens is 1. The molecule has 1 aromatic carbocycles. The lowest BCUT2D eigenvalue weighted by Crippen LogP contribution is -2.41. The molecule has 0 unspecified atom stereocenters. The van der Waals surface area contributed by atoms with Crippen LogP contribution < -0.4 is 5.56 Å². The highest BCUT2D eigenvalue weighted by Gasteiger charge is 2.28. The first-order valence-corrected chi connectivity index (χ1v) is 10.9. The molecule has 1 saturated heterocycles. The average Bonchev–Trinajstić information content (AvgIpc) is 3.15. The zero-order valence-corrected chi connectivity index (χ0v) is 16.9. The van der Waals surface area contributed by atoms with Gasteiger partial charge in [-0.15, -0.1) is 11.3 Å². The van der Waals surface area contributed by atoms with Gasteiger partial charge in [-0.25, -0.2) is 0 Å². The molecule has 148 valence electrons. The number of benzene rings is 1. The number of nitrogens with zero attached hydrogens (tertiary/aromatic N) is 2. The normalized spacial score (nSPS) is 16.1. The van der Waals surface area contributed by atoms with Crippen molar-refractivity contribution in [3.8, 4) is 21.7 Å². The molecule has 2 aliphatic heterocycles. The van der Waals surface area contributed by atoms with E-state index in [0.29, 0.717) is 44.0 Å². The van der Waals surface area contributed by atoms with Gasteiger partial charge in [-0.3, -0.25) is 9.59 Å². The van der Waals surface area contributed by atoms with Gasteiger partial charge in [0.1, 0.15) is 0 Å². The lowest BCUT2D eigenvalue weighted by atomic mass is 10.0. The molecule has 4 heterocycles. The van der Waals surface area contributed by atoms with Gasteiger partial charge in [0.15, 0.2) is 0 Å². The van der Waals surface area contributed by atoms with Crippen LogP contribution in [0.4, 0.5) is 0 Å². The maximum atomic E-state index is 13.6. The molecule has 0 N–H and O–H groups in total. The SMILES string of the molecule is O=C(c1cc(-c2ccccc2)c(=O)n2c1-c1sccc1CCC2)N1CCOCC1. The van der Waals surface area contributed by atoms with Gasteiger partial charge in [-0.05, 0) is 41.5 Å². The Hall–Kier alpha value is -2.70. The summed E-state index contributed by atoms with van der Waals surface area (Å²) in [5, 5.41) is 2.05. The van der Waals surface area contributed by atoms with Crippen molar-refractivity contribution in [3.63, 3.8) is 0 Å². The molecule has 6 heteroatoms. The zero-order chi connectivity index (χ0) is 19.8. The minimum Gasteiger partial charge on any atom is -0.378 e. The van der Waals surface area contributed by atoms with E-state index in [4.69, 9.17) is 4.74 Å². The van der Waals surface area contributed by atoms with E-state index in [1.165, 1.54) is 5.56 Å². The second-order valence-electron chi connectivity index (χ2n) is 7.43. The van der Waals surface area contributed by atoms with Gasteiger partial charge in [0, 0.05) is 25.2 Å². The highest BCUT2D eigenvalue weighted by molar-refractivity contribution is 7.13. The first-order valence-electron chi connectivity index (χ1n) is 10.0. The van der Waals surface area contributed by atoms with Crippen molar-refractivity contribution in [1.82, 2.24) is 9.47 Å². The minimum atomic E-state index is -0.0222. The van der Waals surface area contributed by atoms with Crippen LogP contribution in [0, 0.1) is 0 Å². The number of carbonyl (C=O) groups is 1. The van der Waals surface area contributed by atoms with Crippen LogP contribution >= 0.6 is 11.3 Å². The van der Waals surface area contributed by atoms with Gasteiger partial charge >= 0.3 is 0 Å². The van der Waals surface area contributed by atoms with E-state index in [1.807, 2.05) is 45.9 Å². The van der Waals surface area contributed by atoms with Crippen molar-refractivity contribution in [2.75, 3.05) is 26.3 Å². The number of morpholine rings is 1. The van der Waals surface area contributed by atoms with E-state index in [9.17, 15) is 9.59 Å². The zero-order valence-electron chi connectivity index (χ0n) is 16.1. The fraction of sp³-hybridized carbons (Fsp3) is 0.304. The topological polar surface area (TPSA) is 51.5 Å². The van der Waals surface area contributed by atoms with Gasteiger partial charge < -0.3 is 14.2 Å². The van der Waals surface area contributed by atoms with E-state index in [-0.39, 0.29) is 11.5 Å². The standard InChI is InChI=1S/C23H22N2O3S/c26-22(24-10-12-28-13-11-24)19-15-18(16-5-2-1-3-6-16)23(27)25-9-4-7-17-8-14-29-21(17)20(19)25/h1-3,5-6,8,14-15H,4,7,9-13H2. The van der Waals surface area contributed by atoms with Crippen molar-refractivity contribution in [2.24, 2.45) is 0 Å². The van der Waals surface area contributed by atoms with Crippen molar-refractivity contribution in [2.45, 2.75) is 19.4 Å². The average molecular weight is 407 g/mol. The predicted octanol–water partition coefficient (Wildman–Crippen LogP) is 3.66. The summed E-state index contributed by atoms with van der Waals surface area (Å²) in [5.41, 5.74) is 4.05. The quantitative estimate of drug-likeness (QED) is 0.653. The number of amides is 1. The van der Waals surface area contributed by atoms with E-state index in [2.05, 4.69) is 11.4 Å². The Bertz CT molecular complexity index is 1110. The van der Waals surface area contributed by atoms with Gasteiger partial charge in [0.2, 0.25) is 0 Å². The fourth-order valence-corrected chi connectivity index (χ4v) is 5.24. The Balaban J connectivity index is 1.76. The first kappa shape index (κ1) is 18.3. The molecule has 5 nitrogen and oxygen atoms in total. The summed E-state index contributed by atoms with van der Waals surface area (Å²) < 4.78 is 7.26. The molecular formula is C23H22N2O3S. The number of rotatable bonds is 2. The molecule has 0 spiro atoms. The smallest absolute Gasteiger partial charge is 0.258 e. The maximum Gasteiger partial charge on any atom is 0.258 e. The second-order valence-corrected chi connectivity index (χ2v) is 8.34. The summed E-state index contributed by atoms with van der Waals surface area (Å²) in [5.74, 6) is -0.0181. The van der Waals surface area contributed by atoms with Gasteiger partial charge in [0.25, 0.3) is 11.5 Å². The van der Waals surface area contributed by atoms with Gasteiger partial charge in [-0.2, -0.15) is 0 Å². The third kappa shape index (κ3) is 3.22. The summed E-state index contributed by atoms with van der Waals surface area (Å²) in [4.78, 5) is 29.9. The van der Waals surface area contributed by atoms with Gasteiger partial charge in [0.05, 0.1) is 29.3 Å². The van der Waals surface area contributed by atoms with Crippen LogP contribution in [0.15, 0.2) is 52.6 Å². The van der Waals surface area contributed by atoms with Crippen LogP contribution in [-0.2, 0) is 17.7 Å². The summed E-state index contributed by atoms with van der Waals surface area (Å²) in [6, 6.07) is 13.6. The highest BCUT2D eigenvalue weighted by Crippen LogP contribution is 2.36. The molecule has 1 amide bonds. The van der Waals surface area contributed by atoms with Crippen LogP contribution in [0.25, 0.3) is 21.7 Å². The molecule has 0 radical (unpaired) electrons. The van der Waals surface area contributed by atoms with E-state index in [1.54, 1.807) is 11.3 Å². The molecule has 3 aromatic rings. The highest BCUT2D eigenvalue weighted by atomic mass is 32.1. The Morgan fingerprint density at radius 1 is 1.03 bits per heavy atom. The summed E-state index contributed by atoms with van der Waals surface area (Å²) >= 11 is 1.61. The fourth-order valence-electron chi connectivity index (χ4n) is 4.22. The lowest BCUT2D eigenvalue weighted by Gasteiger charge is -2.28. The Morgan fingerprint density at radius 3 is 2.62 bits per heavy atom. The number of carbonyl (C=O) groups excluding carboxylic acids is 1.